The molecule has 3 aromatic rings. The van der Waals surface area contributed by atoms with Crippen molar-refractivity contribution >= 4 is 28.1 Å². The van der Waals surface area contributed by atoms with E-state index in [1.165, 1.54) is 18.4 Å². The van der Waals surface area contributed by atoms with E-state index in [2.05, 4.69) is 15.5 Å². The highest BCUT2D eigenvalue weighted by molar-refractivity contribution is 7.14. The molecule has 0 saturated heterocycles. The number of carbonyl (C=O) groups is 1. The molecule has 27 heavy (non-hydrogen) atoms. The van der Waals surface area contributed by atoms with Crippen LogP contribution < -0.4 is 10.2 Å². The summed E-state index contributed by atoms with van der Waals surface area (Å²) in [7, 11) is 1.52. The summed E-state index contributed by atoms with van der Waals surface area (Å²) in [5, 5.41) is 16.1. The maximum Gasteiger partial charge on any atom is 0.307 e. The smallest absolute Gasteiger partial charge is 0.307 e. The largest absolute Gasteiger partial charge is 0.496 e. The molecule has 0 atom stereocenters. The molecule has 0 spiro atoms. The van der Waals surface area contributed by atoms with Crippen molar-refractivity contribution < 1.29 is 14.6 Å². The van der Waals surface area contributed by atoms with E-state index in [0.29, 0.717) is 16.4 Å². The molecule has 0 fully saturated rings. The third-order valence-corrected chi connectivity index (χ3v) is 4.68. The zero-order valence-corrected chi connectivity index (χ0v) is 15.8. The highest BCUT2D eigenvalue weighted by Gasteiger charge is 2.10. The second-order valence-corrected chi connectivity index (χ2v) is 6.67. The first-order valence-corrected chi connectivity index (χ1v) is 9.15. The van der Waals surface area contributed by atoms with Crippen LogP contribution in [0.1, 0.15) is 18.1 Å². The number of nitrogens with zero attached hydrogens (tertiary/aromatic N) is 2. The maximum absolute atomic E-state index is 11.0. The van der Waals surface area contributed by atoms with Gasteiger partial charge in [0.2, 0.25) is 5.13 Å². The summed E-state index contributed by atoms with van der Waals surface area (Å²) in [6.45, 7) is 1.85. The van der Waals surface area contributed by atoms with Crippen molar-refractivity contribution in [3.8, 4) is 17.0 Å². The molecule has 3 rings (SSSR count). The molecular formula is C20H19N3O3S. The van der Waals surface area contributed by atoms with E-state index in [9.17, 15) is 4.79 Å². The standard InChI is InChI=1S/C20H19N3O3S/c1-13(15-8-9-18(26-2)16(10-15)11-19(24)25)22-23-20-21-17(12-27-20)14-6-4-3-5-7-14/h3-10,12H,11H2,1-2H3,(H,21,23)(H,24,25)/b22-13-. The molecule has 0 aliphatic rings. The maximum atomic E-state index is 11.0. The quantitative estimate of drug-likeness (QED) is 0.471. The number of methoxy groups -OCH3 is 1. The van der Waals surface area contributed by atoms with Crippen molar-refractivity contribution in [2.24, 2.45) is 5.10 Å². The van der Waals surface area contributed by atoms with E-state index >= 15 is 0 Å². The summed E-state index contributed by atoms with van der Waals surface area (Å²) in [5.74, 6) is -0.358. The fraction of sp³-hybridized carbons (Fsp3) is 0.150. The predicted molar refractivity (Wildman–Crippen MR) is 108 cm³/mol. The van der Waals surface area contributed by atoms with Crippen molar-refractivity contribution in [2.75, 3.05) is 12.5 Å². The van der Waals surface area contributed by atoms with Gasteiger partial charge in [0.15, 0.2) is 0 Å². The normalized spacial score (nSPS) is 11.3. The summed E-state index contributed by atoms with van der Waals surface area (Å²) in [5.41, 5.74) is 7.06. The Morgan fingerprint density at radius 2 is 2.04 bits per heavy atom. The Labute approximate surface area is 161 Å². The van der Waals surface area contributed by atoms with Crippen LogP contribution in [0.3, 0.4) is 0 Å². The number of nitrogens with one attached hydrogen (secondary N) is 1. The lowest BCUT2D eigenvalue weighted by molar-refractivity contribution is -0.136. The first-order valence-electron chi connectivity index (χ1n) is 8.27. The molecule has 0 aliphatic carbocycles. The van der Waals surface area contributed by atoms with Crippen LogP contribution in [0.15, 0.2) is 59.0 Å². The molecule has 0 radical (unpaired) electrons. The average Bonchev–Trinajstić information content (AvgIpc) is 3.15. The number of carboxylic acids is 1. The van der Waals surface area contributed by atoms with Crippen LogP contribution in [0.25, 0.3) is 11.3 Å². The van der Waals surface area contributed by atoms with Gasteiger partial charge >= 0.3 is 5.97 Å². The summed E-state index contributed by atoms with van der Waals surface area (Å²) in [6, 6.07) is 15.3. The van der Waals surface area contributed by atoms with Crippen LogP contribution >= 0.6 is 11.3 Å². The minimum Gasteiger partial charge on any atom is -0.496 e. The monoisotopic (exact) mass is 381 g/mol. The molecule has 138 valence electrons. The number of benzene rings is 2. The molecule has 0 amide bonds. The minimum atomic E-state index is -0.908. The minimum absolute atomic E-state index is 0.107. The summed E-state index contributed by atoms with van der Waals surface area (Å²) < 4.78 is 5.23. The number of hydrogen-bond acceptors (Lipinski definition) is 6. The second kappa shape index (κ2) is 8.46. The number of rotatable bonds is 7. The van der Waals surface area contributed by atoms with Gasteiger partial charge in [-0.1, -0.05) is 30.3 Å². The number of thiazole rings is 1. The fourth-order valence-electron chi connectivity index (χ4n) is 2.57. The molecule has 1 heterocycles. The first-order chi connectivity index (χ1) is 13.1. The highest BCUT2D eigenvalue weighted by Crippen LogP contribution is 2.25. The third-order valence-electron chi connectivity index (χ3n) is 3.93. The van der Waals surface area contributed by atoms with E-state index in [4.69, 9.17) is 9.84 Å². The van der Waals surface area contributed by atoms with E-state index in [-0.39, 0.29) is 6.42 Å². The topological polar surface area (TPSA) is 83.8 Å². The predicted octanol–water partition coefficient (Wildman–Crippen LogP) is 4.28. The average molecular weight is 381 g/mol. The van der Waals surface area contributed by atoms with Crippen LogP contribution in [0.4, 0.5) is 5.13 Å². The molecule has 0 unspecified atom stereocenters. The summed E-state index contributed by atoms with van der Waals surface area (Å²) in [4.78, 5) is 15.6. The van der Waals surface area contributed by atoms with Crippen molar-refractivity contribution in [3.63, 3.8) is 0 Å². The van der Waals surface area contributed by atoms with Gasteiger partial charge in [0.05, 0.1) is 24.9 Å². The van der Waals surface area contributed by atoms with Crippen molar-refractivity contribution in [1.82, 2.24) is 4.98 Å². The Morgan fingerprint density at radius 1 is 1.26 bits per heavy atom. The molecule has 2 N–H and O–H groups in total. The van der Waals surface area contributed by atoms with Gasteiger partial charge in [-0.3, -0.25) is 10.2 Å². The Hall–Kier alpha value is -3.19. The van der Waals surface area contributed by atoms with Gasteiger partial charge in [-0.25, -0.2) is 4.98 Å². The lowest BCUT2D eigenvalue weighted by Gasteiger charge is -2.09. The van der Waals surface area contributed by atoms with Crippen LogP contribution in [0, 0.1) is 0 Å². The molecule has 0 bridgehead atoms. The molecule has 0 aliphatic heterocycles. The molecule has 7 heteroatoms. The first kappa shape index (κ1) is 18.6. The fourth-order valence-corrected chi connectivity index (χ4v) is 3.23. The summed E-state index contributed by atoms with van der Waals surface area (Å²) >= 11 is 1.47. The zero-order chi connectivity index (χ0) is 19.2. The molecule has 2 aromatic carbocycles. The Bertz CT molecular complexity index is 968. The van der Waals surface area contributed by atoms with Gasteiger partial charge in [-0.15, -0.1) is 11.3 Å². The van der Waals surface area contributed by atoms with E-state index < -0.39 is 5.97 Å². The SMILES string of the molecule is COc1ccc(/C(C)=N\Nc2nc(-c3ccccc3)cs2)cc1CC(=O)O. The van der Waals surface area contributed by atoms with Crippen LogP contribution in [0.5, 0.6) is 5.75 Å². The van der Waals surface area contributed by atoms with Gasteiger partial charge in [0.25, 0.3) is 0 Å². The number of aromatic nitrogens is 1. The second-order valence-electron chi connectivity index (χ2n) is 5.81. The lowest BCUT2D eigenvalue weighted by Crippen LogP contribution is -2.05. The van der Waals surface area contributed by atoms with Gasteiger partial charge in [-0.2, -0.15) is 5.10 Å². The molecule has 6 nitrogen and oxygen atoms in total. The van der Waals surface area contributed by atoms with Crippen LogP contribution in [-0.2, 0) is 11.2 Å². The van der Waals surface area contributed by atoms with Gasteiger partial charge < -0.3 is 9.84 Å². The van der Waals surface area contributed by atoms with Crippen LogP contribution in [0.2, 0.25) is 0 Å². The number of anilines is 1. The lowest BCUT2D eigenvalue weighted by atomic mass is 10.0. The number of hydrogen-bond donors (Lipinski definition) is 2. The van der Waals surface area contributed by atoms with Gasteiger partial charge in [0.1, 0.15) is 5.75 Å². The van der Waals surface area contributed by atoms with Crippen molar-refractivity contribution in [2.45, 2.75) is 13.3 Å². The van der Waals surface area contributed by atoms with E-state index in [0.717, 1.165) is 22.5 Å². The Morgan fingerprint density at radius 3 is 2.74 bits per heavy atom. The Kier molecular flexibility index (Phi) is 5.83. The summed E-state index contributed by atoms with van der Waals surface area (Å²) in [6.07, 6.45) is -0.107. The van der Waals surface area contributed by atoms with E-state index in [1.54, 1.807) is 12.1 Å². The third kappa shape index (κ3) is 4.71. The van der Waals surface area contributed by atoms with Gasteiger partial charge in [0, 0.05) is 16.5 Å². The highest BCUT2D eigenvalue weighted by atomic mass is 32.1. The van der Waals surface area contributed by atoms with Crippen molar-refractivity contribution in [3.05, 3.63) is 65.0 Å². The molecule has 0 saturated carbocycles. The number of aliphatic carboxylic acids is 1. The number of carboxylic acid groups (broad SMARTS) is 1. The molecule has 1 aromatic heterocycles. The number of ether oxygens (including phenoxy) is 1. The Balaban J connectivity index is 1.76. The number of hydrazone groups is 1. The van der Waals surface area contributed by atoms with Gasteiger partial charge in [-0.05, 0) is 30.7 Å². The molecular weight excluding hydrogens is 362 g/mol. The van der Waals surface area contributed by atoms with Crippen molar-refractivity contribution in [1.29, 1.82) is 0 Å². The van der Waals surface area contributed by atoms with Crippen LogP contribution in [-0.4, -0.2) is 28.9 Å². The zero-order valence-electron chi connectivity index (χ0n) is 15.0. The van der Waals surface area contributed by atoms with E-state index in [1.807, 2.05) is 48.7 Å².